The second-order valence-electron chi connectivity index (χ2n) is 10.1. The number of hydrogen-bond acceptors (Lipinski definition) is 4. The SMILES string of the molecule is COc1cc(-c2ccc3c(c2)CC(C)(C)C3NC(=O)O[C@H]2CN3CCC2CC3)ccc1F. The van der Waals surface area contributed by atoms with Crippen LogP contribution >= 0.6 is 0 Å². The van der Waals surface area contributed by atoms with Crippen molar-refractivity contribution in [3.05, 3.63) is 53.3 Å². The average molecular weight is 439 g/mol. The molecule has 2 aromatic rings. The van der Waals surface area contributed by atoms with E-state index in [0.717, 1.165) is 55.6 Å². The fourth-order valence-electron chi connectivity index (χ4n) is 5.68. The Morgan fingerprint density at radius 3 is 2.53 bits per heavy atom. The van der Waals surface area contributed by atoms with Gasteiger partial charge in [-0.2, -0.15) is 0 Å². The zero-order valence-electron chi connectivity index (χ0n) is 19.0. The number of fused-ring (bicyclic) bond motifs is 4. The summed E-state index contributed by atoms with van der Waals surface area (Å²) in [6.07, 6.45) is 2.76. The Bertz CT molecular complexity index is 1030. The van der Waals surface area contributed by atoms with Gasteiger partial charge in [-0.15, -0.1) is 0 Å². The highest BCUT2D eigenvalue weighted by Gasteiger charge is 2.42. The number of benzene rings is 2. The van der Waals surface area contributed by atoms with E-state index in [4.69, 9.17) is 9.47 Å². The maximum absolute atomic E-state index is 13.8. The van der Waals surface area contributed by atoms with Gasteiger partial charge in [0, 0.05) is 6.54 Å². The maximum atomic E-state index is 13.8. The van der Waals surface area contributed by atoms with Crippen molar-refractivity contribution in [2.45, 2.75) is 45.3 Å². The van der Waals surface area contributed by atoms with E-state index in [1.165, 1.54) is 18.7 Å². The lowest BCUT2D eigenvalue weighted by molar-refractivity contribution is -0.0348. The summed E-state index contributed by atoms with van der Waals surface area (Å²) >= 11 is 0. The van der Waals surface area contributed by atoms with Gasteiger partial charge in [0.2, 0.25) is 0 Å². The number of amides is 1. The summed E-state index contributed by atoms with van der Waals surface area (Å²) in [6.45, 7) is 7.45. The Hall–Kier alpha value is -2.60. The zero-order chi connectivity index (χ0) is 22.5. The Labute approximate surface area is 188 Å². The van der Waals surface area contributed by atoms with E-state index < -0.39 is 0 Å². The van der Waals surface area contributed by atoms with E-state index >= 15 is 0 Å². The number of rotatable bonds is 4. The van der Waals surface area contributed by atoms with Gasteiger partial charge < -0.3 is 14.8 Å². The summed E-state index contributed by atoms with van der Waals surface area (Å²) < 4.78 is 24.8. The summed E-state index contributed by atoms with van der Waals surface area (Å²) in [5.41, 5.74) is 4.10. The first-order valence-electron chi connectivity index (χ1n) is 11.5. The van der Waals surface area contributed by atoms with Gasteiger partial charge in [-0.25, -0.2) is 9.18 Å². The first-order valence-corrected chi connectivity index (χ1v) is 11.5. The minimum Gasteiger partial charge on any atom is -0.494 e. The number of piperidine rings is 3. The van der Waals surface area contributed by atoms with Crippen LogP contribution in [0, 0.1) is 17.2 Å². The minimum atomic E-state index is -0.371. The molecular formula is C26H31FN2O3. The molecule has 2 bridgehead atoms. The normalized spacial score (nSPS) is 27.6. The molecular weight excluding hydrogens is 407 g/mol. The summed E-state index contributed by atoms with van der Waals surface area (Å²) in [5, 5.41) is 3.17. The van der Waals surface area contributed by atoms with Crippen molar-refractivity contribution in [1.29, 1.82) is 0 Å². The van der Waals surface area contributed by atoms with E-state index in [1.54, 1.807) is 12.1 Å². The van der Waals surface area contributed by atoms with Crippen LogP contribution in [-0.2, 0) is 11.2 Å². The monoisotopic (exact) mass is 438 g/mol. The molecule has 0 saturated carbocycles. The quantitative estimate of drug-likeness (QED) is 0.734. The van der Waals surface area contributed by atoms with Gasteiger partial charge >= 0.3 is 6.09 Å². The van der Waals surface area contributed by atoms with Gasteiger partial charge in [0.1, 0.15) is 6.10 Å². The molecule has 0 radical (unpaired) electrons. The van der Waals surface area contributed by atoms with Crippen LogP contribution in [0.2, 0.25) is 0 Å². The standard InChI is InChI=1S/C26H31FN2O3/c1-26(2)14-19-12-17(18-5-7-21(27)22(13-18)31-3)4-6-20(19)24(26)28-25(30)32-23-15-29-10-8-16(23)9-11-29/h4-7,12-13,16,23-24H,8-11,14-15H2,1-3H3,(H,28,30)/t23-,24?/m0/s1. The third-order valence-electron chi connectivity index (χ3n) is 7.48. The molecule has 3 saturated heterocycles. The summed E-state index contributed by atoms with van der Waals surface area (Å²) in [6, 6.07) is 11.1. The highest BCUT2D eigenvalue weighted by molar-refractivity contribution is 5.70. The molecule has 1 aliphatic carbocycles. The van der Waals surface area contributed by atoms with Gasteiger partial charge in [0.25, 0.3) is 0 Å². The van der Waals surface area contributed by atoms with E-state index in [9.17, 15) is 9.18 Å². The van der Waals surface area contributed by atoms with Crippen molar-refractivity contribution >= 4 is 6.09 Å². The Balaban J connectivity index is 1.34. The molecule has 32 heavy (non-hydrogen) atoms. The van der Waals surface area contributed by atoms with Crippen molar-refractivity contribution in [2.24, 2.45) is 11.3 Å². The predicted molar refractivity (Wildman–Crippen MR) is 121 cm³/mol. The van der Waals surface area contributed by atoms with Crippen LogP contribution in [0.25, 0.3) is 11.1 Å². The predicted octanol–water partition coefficient (Wildman–Crippen LogP) is 4.95. The second-order valence-corrected chi connectivity index (χ2v) is 10.1. The molecule has 170 valence electrons. The van der Waals surface area contributed by atoms with Crippen molar-refractivity contribution in [2.75, 3.05) is 26.7 Å². The van der Waals surface area contributed by atoms with Crippen molar-refractivity contribution in [1.82, 2.24) is 10.2 Å². The number of alkyl carbamates (subject to hydrolysis) is 1. The van der Waals surface area contributed by atoms with Gasteiger partial charge in [-0.3, -0.25) is 4.90 Å². The third-order valence-corrected chi connectivity index (χ3v) is 7.48. The first-order chi connectivity index (χ1) is 15.3. The molecule has 2 aromatic carbocycles. The number of halogens is 1. The van der Waals surface area contributed by atoms with Crippen LogP contribution in [0.4, 0.5) is 9.18 Å². The number of hydrogen-bond donors (Lipinski definition) is 1. The average Bonchev–Trinajstić information content (AvgIpc) is 3.03. The molecule has 3 fully saturated rings. The fourth-order valence-corrected chi connectivity index (χ4v) is 5.68. The number of nitrogens with zero attached hydrogens (tertiary/aromatic N) is 1. The lowest BCUT2D eigenvalue weighted by atomic mass is 9.85. The number of carbonyl (C=O) groups excluding carboxylic acids is 1. The van der Waals surface area contributed by atoms with Crippen LogP contribution in [0.1, 0.15) is 43.9 Å². The van der Waals surface area contributed by atoms with Crippen LogP contribution in [0.5, 0.6) is 5.75 Å². The van der Waals surface area contributed by atoms with E-state index in [2.05, 4.69) is 36.2 Å². The van der Waals surface area contributed by atoms with Crippen molar-refractivity contribution < 1.29 is 18.7 Å². The van der Waals surface area contributed by atoms with E-state index in [-0.39, 0.29) is 35.2 Å². The minimum absolute atomic E-state index is 0.00248. The molecule has 2 atom stereocenters. The Morgan fingerprint density at radius 1 is 1.12 bits per heavy atom. The lowest BCUT2D eigenvalue weighted by Gasteiger charge is -2.44. The molecule has 6 heteroatoms. The van der Waals surface area contributed by atoms with Crippen molar-refractivity contribution in [3.63, 3.8) is 0 Å². The molecule has 6 rings (SSSR count). The van der Waals surface area contributed by atoms with Crippen molar-refractivity contribution in [3.8, 4) is 16.9 Å². The zero-order valence-corrected chi connectivity index (χ0v) is 19.0. The van der Waals surface area contributed by atoms with Crippen LogP contribution in [0.3, 0.4) is 0 Å². The third kappa shape index (κ3) is 3.85. The molecule has 1 N–H and O–H groups in total. The maximum Gasteiger partial charge on any atom is 0.407 e. The number of ether oxygens (including phenoxy) is 2. The first kappa shape index (κ1) is 21.3. The molecule has 4 aliphatic rings. The topological polar surface area (TPSA) is 50.8 Å². The summed E-state index contributed by atoms with van der Waals surface area (Å²) in [5.74, 6) is 0.354. The van der Waals surface area contributed by atoms with Crippen LogP contribution in [0.15, 0.2) is 36.4 Å². The second kappa shape index (κ2) is 8.07. The van der Waals surface area contributed by atoms with E-state index in [1.807, 2.05) is 6.07 Å². The smallest absolute Gasteiger partial charge is 0.407 e. The lowest BCUT2D eigenvalue weighted by Crippen LogP contribution is -2.53. The fraction of sp³-hybridized carbons (Fsp3) is 0.500. The molecule has 0 spiro atoms. The Morgan fingerprint density at radius 2 is 1.84 bits per heavy atom. The number of carbonyl (C=O) groups is 1. The largest absolute Gasteiger partial charge is 0.494 e. The molecule has 3 aliphatic heterocycles. The van der Waals surface area contributed by atoms with Gasteiger partial charge in [-0.05, 0) is 78.1 Å². The number of methoxy groups -OCH3 is 1. The molecule has 0 aromatic heterocycles. The van der Waals surface area contributed by atoms with Gasteiger partial charge in [-0.1, -0.05) is 38.1 Å². The molecule has 1 amide bonds. The van der Waals surface area contributed by atoms with Gasteiger partial charge in [0.05, 0.1) is 13.2 Å². The highest BCUT2D eigenvalue weighted by atomic mass is 19.1. The van der Waals surface area contributed by atoms with Crippen LogP contribution < -0.4 is 10.1 Å². The van der Waals surface area contributed by atoms with Crippen LogP contribution in [-0.4, -0.2) is 43.8 Å². The molecule has 5 nitrogen and oxygen atoms in total. The summed E-state index contributed by atoms with van der Waals surface area (Å²) in [7, 11) is 1.47. The molecule has 1 unspecified atom stereocenters. The molecule has 3 heterocycles. The van der Waals surface area contributed by atoms with Gasteiger partial charge in [0.15, 0.2) is 11.6 Å². The highest BCUT2D eigenvalue weighted by Crippen LogP contribution is 2.46. The Kier molecular flexibility index (Phi) is 5.36. The number of nitrogens with one attached hydrogen (secondary N) is 1. The van der Waals surface area contributed by atoms with E-state index in [0.29, 0.717) is 5.92 Å². The summed E-state index contributed by atoms with van der Waals surface area (Å²) in [4.78, 5) is 15.2.